The van der Waals surface area contributed by atoms with Gasteiger partial charge in [0.15, 0.2) is 0 Å². The summed E-state index contributed by atoms with van der Waals surface area (Å²) in [6.07, 6.45) is 1.65. The van der Waals surface area contributed by atoms with Crippen molar-refractivity contribution in [3.8, 4) is 0 Å². The highest BCUT2D eigenvalue weighted by Gasteiger charge is 2.03. The molecule has 0 unspecified atom stereocenters. The van der Waals surface area contributed by atoms with Gasteiger partial charge in [-0.3, -0.25) is 4.79 Å². The quantitative estimate of drug-likeness (QED) is 0.561. The first-order chi connectivity index (χ1) is 5.70. The number of nitrogens with zero attached hydrogens (tertiary/aromatic N) is 1. The maximum atomic E-state index is 10.6. The van der Waals surface area contributed by atoms with E-state index in [0.717, 1.165) is 5.03 Å². The van der Waals surface area contributed by atoms with E-state index in [2.05, 4.69) is 11.6 Å². The van der Waals surface area contributed by atoms with Crippen LogP contribution < -0.4 is 5.73 Å². The molecule has 1 amide bonds. The maximum Gasteiger partial charge on any atom is 0.254 e. The zero-order valence-electron chi connectivity index (χ0n) is 6.36. The minimum Gasteiger partial charge on any atom is -0.365 e. The third kappa shape index (κ3) is 2.39. The number of amides is 1. The smallest absolute Gasteiger partial charge is 0.254 e. The van der Waals surface area contributed by atoms with Crippen LogP contribution in [0.3, 0.4) is 0 Å². The zero-order valence-corrected chi connectivity index (χ0v) is 7.17. The number of thioether (sulfide) groups is 1. The highest BCUT2D eigenvalue weighted by molar-refractivity contribution is 8.03. The fraction of sp³-hybridized carbons (Fsp3) is 0. The average molecular weight is 180 g/mol. The molecule has 3 nitrogen and oxygen atoms in total. The fourth-order valence-corrected chi connectivity index (χ4v) is 1.20. The molecular weight excluding hydrogens is 172 g/mol. The van der Waals surface area contributed by atoms with Gasteiger partial charge in [0, 0.05) is 6.20 Å². The maximum absolute atomic E-state index is 10.6. The number of hydrogen-bond acceptors (Lipinski definition) is 3. The number of primary amides is 1. The molecule has 0 aromatic carbocycles. The zero-order chi connectivity index (χ0) is 8.97. The van der Waals surface area contributed by atoms with Gasteiger partial charge in [-0.1, -0.05) is 24.4 Å². The Morgan fingerprint density at radius 3 is 2.83 bits per heavy atom. The molecule has 0 saturated heterocycles. The second-order valence-electron chi connectivity index (χ2n) is 2.06. The monoisotopic (exact) mass is 180 g/mol. The Labute approximate surface area is 74.7 Å². The summed E-state index contributed by atoms with van der Waals surface area (Å²) in [6.45, 7) is 3.50. The molecule has 0 atom stereocenters. The van der Waals surface area contributed by atoms with Gasteiger partial charge in [-0.15, -0.1) is 0 Å². The third-order valence-electron chi connectivity index (χ3n) is 1.14. The van der Waals surface area contributed by atoms with Gasteiger partial charge in [-0.25, -0.2) is 4.98 Å². The van der Waals surface area contributed by atoms with Gasteiger partial charge in [0.2, 0.25) is 0 Å². The van der Waals surface area contributed by atoms with Gasteiger partial charge in [0.05, 0.1) is 4.91 Å². The van der Waals surface area contributed by atoms with E-state index in [1.54, 1.807) is 18.3 Å². The van der Waals surface area contributed by atoms with Gasteiger partial charge >= 0.3 is 0 Å². The van der Waals surface area contributed by atoms with E-state index in [9.17, 15) is 4.79 Å². The van der Waals surface area contributed by atoms with E-state index in [0.29, 0.717) is 4.91 Å². The van der Waals surface area contributed by atoms with Gasteiger partial charge in [0.25, 0.3) is 5.91 Å². The Morgan fingerprint density at radius 1 is 1.58 bits per heavy atom. The van der Waals surface area contributed by atoms with Crippen molar-refractivity contribution in [1.29, 1.82) is 0 Å². The van der Waals surface area contributed by atoms with Crippen LogP contribution in [0.2, 0.25) is 0 Å². The number of hydrogen-bond donors (Lipinski definition) is 1. The average Bonchev–Trinajstić information content (AvgIpc) is 2.06. The predicted octanol–water partition coefficient (Wildman–Crippen LogP) is 1.17. The Balaban J connectivity index is 2.65. The molecule has 0 aliphatic carbocycles. The molecule has 1 heterocycles. The topological polar surface area (TPSA) is 56.0 Å². The molecule has 12 heavy (non-hydrogen) atoms. The Kier molecular flexibility index (Phi) is 2.88. The second-order valence-corrected chi connectivity index (χ2v) is 3.17. The van der Waals surface area contributed by atoms with E-state index < -0.39 is 5.91 Å². The van der Waals surface area contributed by atoms with Crippen molar-refractivity contribution in [3.05, 3.63) is 35.9 Å². The lowest BCUT2D eigenvalue weighted by atomic mass is 10.5. The van der Waals surface area contributed by atoms with E-state index in [4.69, 9.17) is 5.73 Å². The number of nitrogens with two attached hydrogens (primary N) is 1. The molecule has 1 aromatic rings. The molecule has 4 heteroatoms. The highest BCUT2D eigenvalue weighted by Crippen LogP contribution is 2.21. The normalized spacial score (nSPS) is 9.33. The van der Waals surface area contributed by atoms with E-state index >= 15 is 0 Å². The Hall–Kier alpha value is -1.29. The summed E-state index contributed by atoms with van der Waals surface area (Å²) in [5.74, 6) is -0.509. The minimum atomic E-state index is -0.509. The molecule has 0 fully saturated rings. The van der Waals surface area contributed by atoms with Gasteiger partial charge in [-0.05, 0) is 12.1 Å². The molecule has 0 spiro atoms. The van der Waals surface area contributed by atoms with Crippen molar-refractivity contribution < 1.29 is 4.79 Å². The van der Waals surface area contributed by atoms with Gasteiger partial charge in [0.1, 0.15) is 5.03 Å². The minimum absolute atomic E-state index is 0.300. The van der Waals surface area contributed by atoms with Crippen molar-refractivity contribution in [2.75, 3.05) is 0 Å². The summed E-state index contributed by atoms with van der Waals surface area (Å²) in [7, 11) is 0. The third-order valence-corrected chi connectivity index (χ3v) is 2.04. The van der Waals surface area contributed by atoms with E-state index in [-0.39, 0.29) is 0 Å². The van der Waals surface area contributed by atoms with Crippen LogP contribution in [0, 0.1) is 0 Å². The van der Waals surface area contributed by atoms with E-state index in [1.807, 2.05) is 6.07 Å². The van der Waals surface area contributed by atoms with Crippen molar-refractivity contribution in [3.63, 3.8) is 0 Å². The van der Waals surface area contributed by atoms with Gasteiger partial charge < -0.3 is 5.73 Å². The SMILES string of the molecule is C=C(Sc1ccccn1)C(N)=O. The molecule has 2 N–H and O–H groups in total. The van der Waals surface area contributed by atoms with Crippen molar-refractivity contribution >= 4 is 17.7 Å². The number of carbonyl (C=O) groups is 1. The summed E-state index contributed by atoms with van der Waals surface area (Å²) in [4.78, 5) is 14.9. The molecule has 1 aromatic heterocycles. The van der Waals surface area contributed by atoms with Crippen molar-refractivity contribution in [2.24, 2.45) is 5.73 Å². The lowest BCUT2D eigenvalue weighted by molar-refractivity contribution is -0.113. The van der Waals surface area contributed by atoms with Crippen LogP contribution in [0.4, 0.5) is 0 Å². The summed E-state index contributed by atoms with van der Waals surface area (Å²) in [5.41, 5.74) is 5.00. The van der Waals surface area contributed by atoms with E-state index in [1.165, 1.54) is 11.8 Å². The van der Waals surface area contributed by atoms with Crippen LogP contribution in [-0.2, 0) is 4.79 Å². The molecule has 0 radical (unpaired) electrons. The van der Waals surface area contributed by atoms with Crippen molar-refractivity contribution in [2.45, 2.75) is 5.03 Å². The molecule has 0 aliphatic heterocycles. The number of pyridine rings is 1. The molecule has 0 aliphatic rings. The lowest BCUT2D eigenvalue weighted by Gasteiger charge is -1.98. The van der Waals surface area contributed by atoms with Gasteiger partial charge in [-0.2, -0.15) is 0 Å². The molecule has 0 saturated carbocycles. The lowest BCUT2D eigenvalue weighted by Crippen LogP contribution is -2.10. The summed E-state index contributed by atoms with van der Waals surface area (Å²) < 4.78 is 0. The molecular formula is C8H8N2OS. The molecule has 62 valence electrons. The summed E-state index contributed by atoms with van der Waals surface area (Å²) >= 11 is 1.17. The second kappa shape index (κ2) is 3.92. The Morgan fingerprint density at radius 2 is 2.33 bits per heavy atom. The first-order valence-corrected chi connectivity index (χ1v) is 4.09. The first-order valence-electron chi connectivity index (χ1n) is 3.28. The van der Waals surface area contributed by atoms with Crippen LogP contribution >= 0.6 is 11.8 Å². The first kappa shape index (κ1) is 8.80. The van der Waals surface area contributed by atoms with Crippen LogP contribution in [0.1, 0.15) is 0 Å². The number of rotatable bonds is 3. The molecule has 1 rings (SSSR count). The van der Waals surface area contributed by atoms with Crippen LogP contribution in [0.15, 0.2) is 40.9 Å². The Bertz CT molecular complexity index is 297. The number of carbonyl (C=O) groups excluding carboxylic acids is 1. The summed E-state index contributed by atoms with van der Waals surface area (Å²) in [6, 6.07) is 5.43. The predicted molar refractivity (Wildman–Crippen MR) is 48.4 cm³/mol. The highest BCUT2D eigenvalue weighted by atomic mass is 32.2. The number of aromatic nitrogens is 1. The van der Waals surface area contributed by atoms with Crippen molar-refractivity contribution in [1.82, 2.24) is 4.98 Å². The van der Waals surface area contributed by atoms with Crippen LogP contribution in [0.5, 0.6) is 0 Å². The fourth-order valence-electron chi connectivity index (χ4n) is 0.584. The molecule has 0 bridgehead atoms. The largest absolute Gasteiger partial charge is 0.365 e. The van der Waals surface area contributed by atoms with Crippen LogP contribution in [0.25, 0.3) is 0 Å². The standard InChI is InChI=1S/C8H8N2OS/c1-6(8(9)11)12-7-4-2-3-5-10-7/h2-5H,1H2,(H2,9,11). The van der Waals surface area contributed by atoms with Crippen LogP contribution in [-0.4, -0.2) is 10.9 Å². The summed E-state index contributed by atoms with van der Waals surface area (Å²) in [5, 5.41) is 0.723.